The molecule has 0 atom stereocenters. The smallest absolute Gasteiger partial charge is 0.151 e. The van der Waals surface area contributed by atoms with E-state index in [1.54, 1.807) is 12.1 Å². The molecule has 1 aromatic rings. The van der Waals surface area contributed by atoms with E-state index in [1.807, 2.05) is 22.6 Å². The maximum absolute atomic E-state index is 10.4. The fourth-order valence-electron chi connectivity index (χ4n) is 0.628. The van der Waals surface area contributed by atoms with Gasteiger partial charge >= 0.3 is 0 Å². The first kappa shape index (κ1) is 9.29. The second-order valence-corrected chi connectivity index (χ2v) is 3.88. The highest BCUT2D eigenvalue weighted by atomic mass is 127. The van der Waals surface area contributed by atoms with Crippen LogP contribution in [0.1, 0.15) is 10.4 Å². The Labute approximate surface area is 87.8 Å². The third-order valence-corrected chi connectivity index (χ3v) is 2.82. The Hall–Kier alpha value is 0.200. The molecule has 0 unspecified atom stereocenters. The largest absolute Gasteiger partial charge is 0.298 e. The van der Waals surface area contributed by atoms with Crippen molar-refractivity contribution >= 4 is 52.1 Å². The van der Waals surface area contributed by atoms with Crippen molar-refractivity contribution in [2.24, 2.45) is 0 Å². The quantitative estimate of drug-likeness (QED) is 0.441. The van der Waals surface area contributed by atoms with Crippen LogP contribution in [0.4, 0.5) is 0 Å². The first-order chi connectivity index (χ1) is 5.15. The molecule has 0 aromatic heterocycles. The average molecular weight is 301 g/mol. The highest BCUT2D eigenvalue weighted by Gasteiger charge is 2.03. The van der Waals surface area contributed by atoms with Crippen LogP contribution in [0.3, 0.4) is 0 Å². The van der Waals surface area contributed by atoms with Crippen molar-refractivity contribution in [1.29, 1.82) is 0 Å². The van der Waals surface area contributed by atoms with Crippen LogP contribution in [-0.4, -0.2) is 6.29 Å². The van der Waals surface area contributed by atoms with Gasteiger partial charge in [-0.2, -0.15) is 0 Å². The van der Waals surface area contributed by atoms with Gasteiger partial charge < -0.3 is 0 Å². The third-order valence-electron chi connectivity index (χ3n) is 1.17. The van der Waals surface area contributed by atoms with Crippen molar-refractivity contribution in [3.05, 3.63) is 31.3 Å². The van der Waals surface area contributed by atoms with Crippen LogP contribution in [0.2, 0.25) is 10.0 Å². The van der Waals surface area contributed by atoms with Gasteiger partial charge in [0.25, 0.3) is 0 Å². The molecule has 1 nitrogen and oxygen atoms in total. The Balaban J connectivity index is 3.31. The van der Waals surface area contributed by atoms with E-state index >= 15 is 0 Å². The predicted octanol–water partition coefficient (Wildman–Crippen LogP) is 3.41. The van der Waals surface area contributed by atoms with Gasteiger partial charge in [0, 0.05) is 9.13 Å². The minimum Gasteiger partial charge on any atom is -0.298 e. The minimum atomic E-state index is 0.411. The highest BCUT2D eigenvalue weighted by molar-refractivity contribution is 14.1. The molecule has 0 heterocycles. The Morgan fingerprint density at radius 1 is 1.27 bits per heavy atom. The van der Waals surface area contributed by atoms with Crippen LogP contribution < -0.4 is 0 Å². The van der Waals surface area contributed by atoms with Crippen molar-refractivity contribution in [1.82, 2.24) is 0 Å². The fourth-order valence-corrected chi connectivity index (χ4v) is 1.74. The molecule has 0 radical (unpaired) electrons. The molecule has 0 bridgehead atoms. The summed E-state index contributed by atoms with van der Waals surface area (Å²) in [7, 11) is 0. The lowest BCUT2D eigenvalue weighted by Crippen LogP contribution is -1.85. The van der Waals surface area contributed by atoms with Gasteiger partial charge in [0.2, 0.25) is 0 Å². The van der Waals surface area contributed by atoms with Gasteiger partial charge in [-0.1, -0.05) is 23.2 Å². The number of benzene rings is 1. The molecule has 0 amide bonds. The first-order valence-corrected chi connectivity index (χ1v) is 4.58. The van der Waals surface area contributed by atoms with Gasteiger partial charge in [0.1, 0.15) is 0 Å². The zero-order valence-electron chi connectivity index (χ0n) is 5.27. The van der Waals surface area contributed by atoms with Gasteiger partial charge in [0.15, 0.2) is 6.29 Å². The SMILES string of the molecule is O=Cc1cc(Cl)c(Cl)cc1I. The number of hydrogen-bond acceptors (Lipinski definition) is 1. The molecule has 0 spiro atoms. The minimum absolute atomic E-state index is 0.411. The van der Waals surface area contributed by atoms with Crippen LogP contribution in [0, 0.1) is 3.57 Å². The van der Waals surface area contributed by atoms with Gasteiger partial charge in [-0.15, -0.1) is 0 Å². The molecule has 0 saturated carbocycles. The zero-order chi connectivity index (χ0) is 8.43. The Morgan fingerprint density at radius 3 is 2.36 bits per heavy atom. The molecule has 0 aliphatic rings. The standard InChI is InChI=1S/C7H3Cl2IO/c8-5-1-4(3-11)7(10)2-6(5)9/h1-3H. The maximum Gasteiger partial charge on any atom is 0.151 e. The Bertz CT molecular complexity index is 299. The number of rotatable bonds is 1. The topological polar surface area (TPSA) is 17.1 Å². The van der Waals surface area contributed by atoms with Gasteiger partial charge in [-0.25, -0.2) is 0 Å². The maximum atomic E-state index is 10.4. The molecule has 0 aliphatic heterocycles. The summed E-state index contributed by atoms with van der Waals surface area (Å²) in [6, 6.07) is 3.22. The summed E-state index contributed by atoms with van der Waals surface area (Å²) in [5.41, 5.74) is 0.569. The normalized spacial score (nSPS) is 9.73. The van der Waals surface area contributed by atoms with E-state index in [0.29, 0.717) is 15.6 Å². The van der Waals surface area contributed by atoms with Crippen molar-refractivity contribution in [2.75, 3.05) is 0 Å². The van der Waals surface area contributed by atoms with Gasteiger partial charge in [0.05, 0.1) is 10.0 Å². The number of carbonyl (C=O) groups is 1. The van der Waals surface area contributed by atoms with E-state index in [-0.39, 0.29) is 0 Å². The van der Waals surface area contributed by atoms with Crippen LogP contribution in [0.5, 0.6) is 0 Å². The lowest BCUT2D eigenvalue weighted by atomic mass is 10.2. The van der Waals surface area contributed by atoms with E-state index in [4.69, 9.17) is 23.2 Å². The average Bonchev–Trinajstić information content (AvgIpc) is 1.97. The summed E-state index contributed by atoms with van der Waals surface area (Å²) >= 11 is 13.4. The lowest BCUT2D eigenvalue weighted by Gasteiger charge is -1.98. The molecule has 0 fully saturated rings. The monoisotopic (exact) mass is 300 g/mol. The predicted molar refractivity (Wildman–Crippen MR) is 54.6 cm³/mol. The van der Waals surface area contributed by atoms with Crippen molar-refractivity contribution < 1.29 is 4.79 Å². The molecule has 4 heteroatoms. The summed E-state index contributed by atoms with van der Waals surface area (Å²) in [6.07, 6.45) is 0.754. The Kier molecular flexibility index (Phi) is 3.16. The second-order valence-electron chi connectivity index (χ2n) is 1.91. The van der Waals surface area contributed by atoms with Crippen molar-refractivity contribution in [3.8, 4) is 0 Å². The van der Waals surface area contributed by atoms with Gasteiger partial charge in [-0.3, -0.25) is 4.79 Å². The van der Waals surface area contributed by atoms with Crippen molar-refractivity contribution in [3.63, 3.8) is 0 Å². The van der Waals surface area contributed by atoms with Crippen LogP contribution in [-0.2, 0) is 0 Å². The van der Waals surface area contributed by atoms with Crippen LogP contribution in [0.25, 0.3) is 0 Å². The summed E-state index contributed by atoms with van der Waals surface area (Å²) in [5, 5.41) is 0.885. The first-order valence-electron chi connectivity index (χ1n) is 2.75. The van der Waals surface area contributed by atoms with Crippen molar-refractivity contribution in [2.45, 2.75) is 0 Å². The van der Waals surface area contributed by atoms with Crippen LogP contribution >= 0.6 is 45.8 Å². The molecule has 1 rings (SSSR count). The fraction of sp³-hybridized carbons (Fsp3) is 0. The number of halogens is 3. The molecular weight excluding hydrogens is 298 g/mol. The molecule has 1 aromatic carbocycles. The summed E-state index contributed by atoms with van der Waals surface area (Å²) in [6.45, 7) is 0. The highest BCUT2D eigenvalue weighted by Crippen LogP contribution is 2.25. The lowest BCUT2D eigenvalue weighted by molar-refractivity contribution is 0.112. The molecule has 58 valence electrons. The van der Waals surface area contributed by atoms with Crippen LogP contribution in [0.15, 0.2) is 12.1 Å². The van der Waals surface area contributed by atoms with E-state index < -0.39 is 0 Å². The number of hydrogen-bond donors (Lipinski definition) is 0. The molecule has 11 heavy (non-hydrogen) atoms. The van der Waals surface area contributed by atoms with E-state index in [9.17, 15) is 4.79 Å². The Morgan fingerprint density at radius 2 is 1.82 bits per heavy atom. The molecular formula is C7H3Cl2IO. The van der Waals surface area contributed by atoms with E-state index in [2.05, 4.69) is 0 Å². The second kappa shape index (κ2) is 3.74. The molecule has 0 aliphatic carbocycles. The third kappa shape index (κ3) is 2.07. The summed E-state index contributed by atoms with van der Waals surface area (Å²) < 4.78 is 0.812. The number of carbonyl (C=O) groups excluding carboxylic acids is 1. The number of aldehydes is 1. The summed E-state index contributed by atoms with van der Waals surface area (Å²) in [5.74, 6) is 0. The van der Waals surface area contributed by atoms with Gasteiger partial charge in [-0.05, 0) is 34.7 Å². The molecule has 0 saturated heterocycles. The van der Waals surface area contributed by atoms with E-state index in [1.165, 1.54) is 0 Å². The van der Waals surface area contributed by atoms with E-state index in [0.717, 1.165) is 9.86 Å². The summed E-state index contributed by atoms with van der Waals surface area (Å²) in [4.78, 5) is 10.4. The molecule has 0 N–H and O–H groups in total. The zero-order valence-corrected chi connectivity index (χ0v) is 8.94.